The Bertz CT molecular complexity index is 298. The van der Waals surface area contributed by atoms with Crippen LogP contribution < -0.4 is 11.5 Å². The Balaban J connectivity index is -0.000000256. The number of nitrogens with two attached hydrogens (primary N) is 2. The van der Waals surface area contributed by atoms with Crippen LogP contribution in [0.1, 0.15) is 26.7 Å². The van der Waals surface area contributed by atoms with Crippen molar-refractivity contribution in [3.63, 3.8) is 0 Å². The third-order valence-corrected chi connectivity index (χ3v) is 1.75. The SMILES string of the molecule is CC(C)CC(N)C(=O)O.Cl.NC(CC(=O)O)C(=O)O. The standard InChI is InChI=1S/C6H13NO2.C4H7NO4.ClH/c1-4(2)3-5(7)6(8)9;5-2(4(8)9)1-3(6)7;/h4-5H,3,7H2,1-2H3,(H,8,9);2H,1,5H2,(H,6,7)(H,8,9);1H. The molecule has 0 aromatic carbocycles. The highest BCUT2D eigenvalue weighted by Gasteiger charge is 2.14. The van der Waals surface area contributed by atoms with Gasteiger partial charge in [0.1, 0.15) is 12.1 Å². The number of hydrogen-bond acceptors (Lipinski definition) is 5. The zero-order valence-electron chi connectivity index (χ0n) is 10.8. The molecule has 0 aromatic heterocycles. The summed E-state index contributed by atoms with van der Waals surface area (Å²) in [7, 11) is 0. The Labute approximate surface area is 117 Å². The molecule has 0 amide bonds. The molecule has 0 aliphatic rings. The minimum absolute atomic E-state index is 0. The fraction of sp³-hybridized carbons (Fsp3) is 0.700. The van der Waals surface area contributed by atoms with E-state index in [1.807, 2.05) is 13.8 Å². The van der Waals surface area contributed by atoms with E-state index < -0.39 is 36.4 Å². The molecule has 2 atom stereocenters. The third kappa shape index (κ3) is 16.6. The van der Waals surface area contributed by atoms with Crippen LogP contribution in [0.15, 0.2) is 0 Å². The molecule has 114 valence electrons. The van der Waals surface area contributed by atoms with Crippen molar-refractivity contribution < 1.29 is 29.7 Å². The molecule has 19 heavy (non-hydrogen) atoms. The first-order valence-corrected chi connectivity index (χ1v) is 5.26. The Kier molecular flexibility index (Phi) is 14.0. The quantitative estimate of drug-likeness (QED) is 0.447. The van der Waals surface area contributed by atoms with Gasteiger partial charge in [-0.15, -0.1) is 12.4 Å². The first-order valence-electron chi connectivity index (χ1n) is 5.26. The van der Waals surface area contributed by atoms with Crippen LogP contribution in [0.3, 0.4) is 0 Å². The van der Waals surface area contributed by atoms with Gasteiger partial charge < -0.3 is 26.8 Å². The maximum atomic E-state index is 10.1. The summed E-state index contributed by atoms with van der Waals surface area (Å²) >= 11 is 0. The average Bonchev–Trinajstić information content (AvgIpc) is 2.16. The fourth-order valence-electron chi connectivity index (χ4n) is 0.884. The summed E-state index contributed by atoms with van der Waals surface area (Å²) in [6.07, 6.45) is 0.0185. The number of carboxylic acids is 3. The smallest absolute Gasteiger partial charge is 0.321 e. The van der Waals surface area contributed by atoms with Gasteiger partial charge >= 0.3 is 17.9 Å². The van der Waals surface area contributed by atoms with Gasteiger partial charge in [-0.3, -0.25) is 14.4 Å². The van der Waals surface area contributed by atoms with Gasteiger partial charge in [0, 0.05) is 0 Å². The molecule has 0 saturated heterocycles. The molecule has 0 aliphatic carbocycles. The van der Waals surface area contributed by atoms with E-state index in [9.17, 15) is 14.4 Å². The lowest BCUT2D eigenvalue weighted by atomic mass is 10.1. The molecular weight excluding hydrogens is 280 g/mol. The Morgan fingerprint density at radius 3 is 1.42 bits per heavy atom. The highest BCUT2D eigenvalue weighted by molar-refractivity contribution is 5.85. The van der Waals surface area contributed by atoms with E-state index in [1.165, 1.54) is 0 Å². The van der Waals surface area contributed by atoms with Crippen molar-refractivity contribution in [1.82, 2.24) is 0 Å². The van der Waals surface area contributed by atoms with E-state index in [0.29, 0.717) is 12.3 Å². The second-order valence-corrected chi connectivity index (χ2v) is 4.12. The first-order chi connectivity index (χ1) is 8.07. The summed E-state index contributed by atoms with van der Waals surface area (Å²) < 4.78 is 0. The lowest BCUT2D eigenvalue weighted by molar-refractivity contribution is -0.144. The maximum Gasteiger partial charge on any atom is 0.321 e. The third-order valence-electron chi connectivity index (χ3n) is 1.75. The second kappa shape index (κ2) is 11.7. The van der Waals surface area contributed by atoms with Crippen molar-refractivity contribution in [1.29, 1.82) is 0 Å². The first kappa shape index (κ1) is 22.8. The van der Waals surface area contributed by atoms with Gasteiger partial charge in [-0.25, -0.2) is 0 Å². The van der Waals surface area contributed by atoms with Gasteiger partial charge in [0.25, 0.3) is 0 Å². The van der Waals surface area contributed by atoms with Crippen LogP contribution in [0.25, 0.3) is 0 Å². The van der Waals surface area contributed by atoms with Crippen LogP contribution in [0.5, 0.6) is 0 Å². The monoisotopic (exact) mass is 300 g/mol. The van der Waals surface area contributed by atoms with Crippen LogP contribution in [0, 0.1) is 5.92 Å². The number of halogens is 1. The van der Waals surface area contributed by atoms with E-state index in [4.69, 9.17) is 26.8 Å². The number of carboxylic acid groups (broad SMARTS) is 3. The normalized spacial score (nSPS) is 12.5. The highest BCUT2D eigenvalue weighted by Crippen LogP contribution is 2.01. The lowest BCUT2D eigenvalue weighted by Gasteiger charge is -2.07. The van der Waals surface area contributed by atoms with Crippen molar-refractivity contribution in [3.05, 3.63) is 0 Å². The summed E-state index contributed by atoms with van der Waals surface area (Å²) in [5.74, 6) is -3.05. The van der Waals surface area contributed by atoms with Gasteiger partial charge in [-0.1, -0.05) is 13.8 Å². The van der Waals surface area contributed by atoms with E-state index in [1.54, 1.807) is 0 Å². The largest absolute Gasteiger partial charge is 0.481 e. The highest BCUT2D eigenvalue weighted by atomic mass is 35.5. The summed E-state index contributed by atoms with van der Waals surface area (Å²) in [4.78, 5) is 29.7. The molecular formula is C10H21ClN2O6. The molecule has 0 bridgehead atoms. The molecule has 2 unspecified atom stereocenters. The summed E-state index contributed by atoms with van der Waals surface area (Å²) in [6, 6.07) is -1.98. The molecule has 0 aliphatic heterocycles. The summed E-state index contributed by atoms with van der Waals surface area (Å²) in [6.45, 7) is 3.89. The maximum absolute atomic E-state index is 10.1. The Morgan fingerprint density at radius 2 is 1.32 bits per heavy atom. The van der Waals surface area contributed by atoms with Crippen molar-refractivity contribution in [2.75, 3.05) is 0 Å². The van der Waals surface area contributed by atoms with E-state index in [2.05, 4.69) is 0 Å². The van der Waals surface area contributed by atoms with Crippen molar-refractivity contribution in [2.45, 2.75) is 38.8 Å². The van der Waals surface area contributed by atoms with Gasteiger partial charge in [0.15, 0.2) is 0 Å². The molecule has 0 rings (SSSR count). The molecule has 9 heteroatoms. The average molecular weight is 301 g/mol. The van der Waals surface area contributed by atoms with Gasteiger partial charge in [-0.05, 0) is 12.3 Å². The van der Waals surface area contributed by atoms with E-state index in [0.717, 1.165) is 0 Å². The molecule has 0 heterocycles. The predicted octanol–water partition coefficient (Wildman–Crippen LogP) is -0.261. The van der Waals surface area contributed by atoms with Crippen LogP contribution >= 0.6 is 12.4 Å². The molecule has 0 spiro atoms. The zero-order chi connectivity index (χ0) is 14.9. The van der Waals surface area contributed by atoms with Gasteiger partial charge in [0.2, 0.25) is 0 Å². The Morgan fingerprint density at radius 1 is 0.947 bits per heavy atom. The fourth-order valence-corrected chi connectivity index (χ4v) is 0.884. The van der Waals surface area contributed by atoms with Crippen LogP contribution in [0.4, 0.5) is 0 Å². The van der Waals surface area contributed by atoms with Crippen LogP contribution in [0.2, 0.25) is 0 Å². The van der Waals surface area contributed by atoms with E-state index in [-0.39, 0.29) is 12.4 Å². The number of hydrogen-bond donors (Lipinski definition) is 5. The summed E-state index contributed by atoms with van der Waals surface area (Å²) in [5, 5.41) is 24.3. The second-order valence-electron chi connectivity index (χ2n) is 4.12. The molecule has 0 aromatic rings. The molecule has 8 nitrogen and oxygen atoms in total. The number of rotatable bonds is 6. The number of carbonyl (C=O) groups is 3. The topological polar surface area (TPSA) is 164 Å². The van der Waals surface area contributed by atoms with Crippen molar-refractivity contribution in [2.24, 2.45) is 17.4 Å². The van der Waals surface area contributed by atoms with Crippen molar-refractivity contribution >= 4 is 30.3 Å². The minimum atomic E-state index is -1.29. The lowest BCUT2D eigenvalue weighted by Crippen LogP contribution is -2.32. The predicted molar refractivity (Wildman–Crippen MR) is 70.2 cm³/mol. The Hall–Kier alpha value is -1.38. The van der Waals surface area contributed by atoms with Crippen LogP contribution in [-0.4, -0.2) is 45.3 Å². The van der Waals surface area contributed by atoms with E-state index >= 15 is 0 Å². The summed E-state index contributed by atoms with van der Waals surface area (Å²) in [5.41, 5.74) is 10.1. The van der Waals surface area contributed by atoms with Crippen molar-refractivity contribution in [3.8, 4) is 0 Å². The zero-order valence-corrected chi connectivity index (χ0v) is 11.6. The number of aliphatic carboxylic acids is 3. The minimum Gasteiger partial charge on any atom is -0.481 e. The molecule has 7 N–H and O–H groups in total. The molecule has 0 fully saturated rings. The van der Waals surface area contributed by atoms with Gasteiger partial charge in [-0.2, -0.15) is 0 Å². The molecule has 0 saturated carbocycles. The van der Waals surface area contributed by atoms with Gasteiger partial charge in [0.05, 0.1) is 6.42 Å². The van der Waals surface area contributed by atoms with Crippen LogP contribution in [-0.2, 0) is 14.4 Å². The molecule has 0 radical (unpaired) electrons.